The number of nitrogens with zero attached hydrogens (tertiary/aromatic N) is 5. The molecule has 0 saturated carbocycles. The van der Waals surface area contributed by atoms with E-state index in [1.54, 1.807) is 25.0 Å². The highest BCUT2D eigenvalue weighted by atomic mass is 16.1. The summed E-state index contributed by atoms with van der Waals surface area (Å²) in [6.07, 6.45) is 1.73. The fourth-order valence-corrected chi connectivity index (χ4v) is 2.29. The number of aryl methyl sites for hydroxylation is 2. The molecule has 3 rings (SSSR count). The van der Waals surface area contributed by atoms with Gasteiger partial charge in [0.15, 0.2) is 5.52 Å². The highest BCUT2D eigenvalue weighted by Gasteiger charge is 2.14. The number of aromatic nitrogens is 5. The minimum atomic E-state index is -0.119. The first-order valence-corrected chi connectivity index (χ1v) is 6.62. The number of hydrogen-bond acceptors (Lipinski definition) is 5. The Morgan fingerprint density at radius 2 is 2.10 bits per heavy atom. The zero-order valence-corrected chi connectivity index (χ0v) is 12.2. The minimum Gasteiger partial charge on any atom is -0.350 e. The van der Waals surface area contributed by atoms with Crippen LogP contribution in [-0.2, 0) is 20.6 Å². The summed E-state index contributed by atoms with van der Waals surface area (Å²) in [5, 5.41) is 7.40. The van der Waals surface area contributed by atoms with Crippen molar-refractivity contribution in [3.05, 3.63) is 46.1 Å². The van der Waals surface area contributed by atoms with Crippen LogP contribution < -0.4 is 10.9 Å². The molecule has 0 unspecified atom stereocenters. The lowest BCUT2D eigenvalue weighted by Crippen LogP contribution is -2.23. The molecule has 0 aromatic carbocycles. The number of pyridine rings is 1. The van der Waals surface area contributed by atoms with Crippen molar-refractivity contribution < 1.29 is 0 Å². The van der Waals surface area contributed by atoms with Crippen LogP contribution in [0, 0.1) is 6.92 Å². The molecule has 0 bridgehead atoms. The molecule has 21 heavy (non-hydrogen) atoms. The Labute approximate surface area is 121 Å². The van der Waals surface area contributed by atoms with Crippen LogP contribution in [0.5, 0.6) is 0 Å². The molecule has 3 heterocycles. The summed E-state index contributed by atoms with van der Waals surface area (Å²) in [6.45, 7) is 2.35. The van der Waals surface area contributed by atoms with E-state index in [4.69, 9.17) is 0 Å². The van der Waals surface area contributed by atoms with Crippen molar-refractivity contribution in [3.63, 3.8) is 0 Å². The predicted molar refractivity (Wildman–Crippen MR) is 80.1 cm³/mol. The van der Waals surface area contributed by atoms with Gasteiger partial charge in [0.2, 0.25) is 5.95 Å². The van der Waals surface area contributed by atoms with Gasteiger partial charge in [-0.2, -0.15) is 5.10 Å². The second-order valence-electron chi connectivity index (χ2n) is 4.88. The van der Waals surface area contributed by atoms with Crippen LogP contribution in [0.4, 0.5) is 5.95 Å². The van der Waals surface area contributed by atoms with Crippen molar-refractivity contribution in [1.82, 2.24) is 24.3 Å². The quantitative estimate of drug-likeness (QED) is 0.776. The van der Waals surface area contributed by atoms with Crippen LogP contribution in [0.1, 0.15) is 11.4 Å². The third-order valence-corrected chi connectivity index (χ3v) is 3.39. The Hall–Kier alpha value is -2.70. The van der Waals surface area contributed by atoms with Crippen LogP contribution in [0.15, 0.2) is 29.2 Å². The molecule has 7 nitrogen and oxygen atoms in total. The molecule has 0 amide bonds. The first-order chi connectivity index (χ1) is 10.1. The number of rotatable bonds is 3. The maximum Gasteiger partial charge on any atom is 0.280 e. The Bertz CT molecular complexity index is 849. The SMILES string of the molecule is Cc1nn(C)c2c(=O)n(C)c(NCc3ccccn3)nc12. The molecule has 0 radical (unpaired) electrons. The standard InChI is InChI=1S/C14H16N6O/c1-9-11-12(20(3)18-9)13(21)19(2)14(17-11)16-8-10-6-4-5-7-15-10/h4-7H,8H2,1-3H3,(H,16,17). The molecular formula is C14H16N6O. The molecule has 0 atom stereocenters. The summed E-state index contributed by atoms with van der Waals surface area (Å²) in [5.74, 6) is 0.509. The molecule has 108 valence electrons. The van der Waals surface area contributed by atoms with Gasteiger partial charge in [0.25, 0.3) is 5.56 Å². The van der Waals surface area contributed by atoms with Crippen LogP contribution >= 0.6 is 0 Å². The van der Waals surface area contributed by atoms with Crippen molar-refractivity contribution in [1.29, 1.82) is 0 Å². The lowest BCUT2D eigenvalue weighted by molar-refractivity contribution is 0.765. The molecule has 0 spiro atoms. The van der Waals surface area contributed by atoms with E-state index in [1.165, 1.54) is 4.57 Å². The molecule has 1 N–H and O–H groups in total. The first-order valence-electron chi connectivity index (χ1n) is 6.62. The molecule has 0 aliphatic heterocycles. The molecule has 0 saturated heterocycles. The number of hydrogen-bond donors (Lipinski definition) is 1. The smallest absolute Gasteiger partial charge is 0.280 e. The van der Waals surface area contributed by atoms with Gasteiger partial charge in [-0.25, -0.2) is 4.98 Å². The molecule has 7 heteroatoms. The average Bonchev–Trinajstić information content (AvgIpc) is 2.77. The van der Waals surface area contributed by atoms with Gasteiger partial charge in [-0.3, -0.25) is 19.0 Å². The van der Waals surface area contributed by atoms with E-state index in [0.29, 0.717) is 23.5 Å². The summed E-state index contributed by atoms with van der Waals surface area (Å²) in [7, 11) is 3.44. The molecular weight excluding hydrogens is 268 g/mol. The van der Waals surface area contributed by atoms with Crippen molar-refractivity contribution in [3.8, 4) is 0 Å². The van der Waals surface area contributed by atoms with Crippen molar-refractivity contribution >= 4 is 17.0 Å². The van der Waals surface area contributed by atoms with E-state index < -0.39 is 0 Å². The van der Waals surface area contributed by atoms with E-state index in [-0.39, 0.29) is 5.56 Å². The maximum absolute atomic E-state index is 12.4. The molecule has 3 aromatic rings. The van der Waals surface area contributed by atoms with Gasteiger partial charge in [-0.05, 0) is 19.1 Å². The van der Waals surface area contributed by atoms with Gasteiger partial charge in [-0.15, -0.1) is 0 Å². The number of fused-ring (bicyclic) bond motifs is 1. The van der Waals surface area contributed by atoms with Gasteiger partial charge in [0, 0.05) is 20.3 Å². The summed E-state index contributed by atoms with van der Waals surface area (Å²) in [6, 6.07) is 5.70. The number of anilines is 1. The lowest BCUT2D eigenvalue weighted by Gasteiger charge is -2.10. The molecule has 0 fully saturated rings. The molecule has 0 aliphatic rings. The number of nitrogens with one attached hydrogen (secondary N) is 1. The van der Waals surface area contributed by atoms with Crippen LogP contribution in [0.25, 0.3) is 11.0 Å². The second kappa shape index (κ2) is 5.01. The van der Waals surface area contributed by atoms with Gasteiger partial charge < -0.3 is 5.32 Å². The van der Waals surface area contributed by atoms with Gasteiger partial charge in [0.1, 0.15) is 5.52 Å². The van der Waals surface area contributed by atoms with E-state index in [0.717, 1.165) is 11.4 Å². The van der Waals surface area contributed by atoms with E-state index in [9.17, 15) is 4.79 Å². The van der Waals surface area contributed by atoms with Crippen LogP contribution in [-0.4, -0.2) is 24.3 Å². The first kappa shape index (κ1) is 13.3. The lowest BCUT2D eigenvalue weighted by atomic mass is 10.3. The normalized spacial score (nSPS) is 11.0. The topological polar surface area (TPSA) is 77.6 Å². The van der Waals surface area contributed by atoms with Gasteiger partial charge >= 0.3 is 0 Å². The molecule has 0 aliphatic carbocycles. The van der Waals surface area contributed by atoms with Gasteiger partial charge in [-0.1, -0.05) is 6.07 Å². The van der Waals surface area contributed by atoms with Gasteiger partial charge in [0.05, 0.1) is 17.9 Å². The summed E-state index contributed by atoms with van der Waals surface area (Å²) in [5.41, 5.74) is 2.65. The summed E-state index contributed by atoms with van der Waals surface area (Å²) < 4.78 is 3.06. The fourth-order valence-electron chi connectivity index (χ4n) is 2.29. The zero-order chi connectivity index (χ0) is 15.0. The monoisotopic (exact) mass is 284 g/mol. The average molecular weight is 284 g/mol. The Kier molecular flexibility index (Phi) is 3.17. The van der Waals surface area contributed by atoms with Crippen LogP contribution in [0.3, 0.4) is 0 Å². The molecule has 3 aromatic heterocycles. The van der Waals surface area contributed by atoms with Crippen molar-refractivity contribution in [2.24, 2.45) is 14.1 Å². The highest BCUT2D eigenvalue weighted by Crippen LogP contribution is 2.14. The third kappa shape index (κ3) is 2.26. The van der Waals surface area contributed by atoms with E-state index in [1.807, 2.05) is 25.1 Å². The fraction of sp³-hybridized carbons (Fsp3) is 0.286. The predicted octanol–water partition coefficient (Wildman–Crippen LogP) is 0.983. The summed E-state index contributed by atoms with van der Waals surface area (Å²) in [4.78, 5) is 21.1. The van der Waals surface area contributed by atoms with Crippen LogP contribution in [0.2, 0.25) is 0 Å². The Balaban J connectivity index is 2.01. The Morgan fingerprint density at radius 1 is 1.29 bits per heavy atom. The summed E-state index contributed by atoms with van der Waals surface area (Å²) >= 11 is 0. The van der Waals surface area contributed by atoms with Crippen molar-refractivity contribution in [2.45, 2.75) is 13.5 Å². The minimum absolute atomic E-state index is 0.119. The third-order valence-electron chi connectivity index (χ3n) is 3.39. The largest absolute Gasteiger partial charge is 0.350 e. The van der Waals surface area contributed by atoms with E-state index >= 15 is 0 Å². The zero-order valence-electron chi connectivity index (χ0n) is 12.2. The Morgan fingerprint density at radius 3 is 2.81 bits per heavy atom. The highest BCUT2D eigenvalue weighted by molar-refractivity contribution is 5.77. The van der Waals surface area contributed by atoms with Crippen molar-refractivity contribution in [2.75, 3.05) is 5.32 Å². The maximum atomic E-state index is 12.4. The van der Waals surface area contributed by atoms with E-state index in [2.05, 4.69) is 20.4 Å². The second-order valence-corrected chi connectivity index (χ2v) is 4.88.